The molecule has 3 nitrogen and oxygen atoms in total. The van der Waals surface area contributed by atoms with Crippen molar-refractivity contribution in [1.82, 2.24) is 0 Å². The third-order valence-electron chi connectivity index (χ3n) is 3.29. The van der Waals surface area contributed by atoms with Crippen LogP contribution in [-0.2, 0) is 11.2 Å². The van der Waals surface area contributed by atoms with Crippen molar-refractivity contribution in [1.29, 1.82) is 0 Å². The van der Waals surface area contributed by atoms with Gasteiger partial charge in [-0.15, -0.1) is 0 Å². The molecule has 0 saturated heterocycles. The van der Waals surface area contributed by atoms with Crippen molar-refractivity contribution >= 4 is 5.97 Å². The molecule has 0 aliphatic rings. The average Bonchev–Trinajstić information content (AvgIpc) is 2.50. The quantitative estimate of drug-likeness (QED) is 0.380. The molecule has 1 aromatic rings. The summed E-state index contributed by atoms with van der Waals surface area (Å²) in [6, 6.07) is 5.65. The molecule has 21 heavy (non-hydrogen) atoms. The highest BCUT2D eigenvalue weighted by molar-refractivity contribution is 5.94. The van der Waals surface area contributed by atoms with E-state index >= 15 is 0 Å². The van der Waals surface area contributed by atoms with Crippen LogP contribution in [0.25, 0.3) is 0 Å². The van der Waals surface area contributed by atoms with Crippen molar-refractivity contribution in [3.63, 3.8) is 0 Å². The van der Waals surface area contributed by atoms with E-state index in [0.29, 0.717) is 17.9 Å². The van der Waals surface area contributed by atoms with E-state index in [1.54, 1.807) is 20.1 Å². The minimum absolute atomic E-state index is 0.315. The molecule has 0 spiro atoms. The van der Waals surface area contributed by atoms with E-state index in [0.717, 1.165) is 18.4 Å². The van der Waals surface area contributed by atoms with Gasteiger partial charge in [0.15, 0.2) is 0 Å². The molecule has 0 fully saturated rings. The molecule has 0 amide bonds. The summed E-state index contributed by atoms with van der Waals surface area (Å²) in [6.07, 6.45) is 9.82. The Kier molecular flexibility index (Phi) is 8.25. The summed E-state index contributed by atoms with van der Waals surface area (Å²) in [4.78, 5) is 12.1. The first-order chi connectivity index (χ1) is 10.2. The van der Waals surface area contributed by atoms with Crippen LogP contribution in [0.4, 0.5) is 0 Å². The topological polar surface area (TPSA) is 35.5 Å². The van der Waals surface area contributed by atoms with Gasteiger partial charge < -0.3 is 9.47 Å². The number of unbranched alkanes of at least 4 members (excludes halogenated alkanes) is 3. The van der Waals surface area contributed by atoms with E-state index in [1.165, 1.54) is 19.3 Å². The molecule has 1 rings (SSSR count). The van der Waals surface area contributed by atoms with Gasteiger partial charge in [0.05, 0.1) is 13.7 Å². The summed E-state index contributed by atoms with van der Waals surface area (Å²) >= 11 is 0. The smallest absolute Gasteiger partial charge is 0.342 e. The molecule has 0 saturated carbocycles. The number of carbonyl (C=O) groups is 1. The third-order valence-corrected chi connectivity index (χ3v) is 3.29. The Morgan fingerprint density at radius 3 is 2.67 bits per heavy atom. The predicted molar refractivity (Wildman–Crippen MR) is 85.9 cm³/mol. The van der Waals surface area contributed by atoms with Gasteiger partial charge >= 0.3 is 5.97 Å². The number of carbonyl (C=O) groups excluding carboxylic acids is 1. The maximum atomic E-state index is 12.1. The van der Waals surface area contributed by atoms with Gasteiger partial charge in [-0.25, -0.2) is 4.79 Å². The first-order valence-electron chi connectivity index (χ1n) is 7.72. The number of ether oxygens (including phenoxy) is 2. The van der Waals surface area contributed by atoms with Gasteiger partial charge in [-0.05, 0) is 37.8 Å². The Hall–Kier alpha value is -1.77. The van der Waals surface area contributed by atoms with E-state index in [4.69, 9.17) is 9.47 Å². The van der Waals surface area contributed by atoms with Crippen LogP contribution in [0.2, 0.25) is 0 Å². The molecule has 0 atom stereocenters. The second-order valence-electron chi connectivity index (χ2n) is 4.89. The molecule has 0 N–H and O–H groups in total. The van der Waals surface area contributed by atoms with E-state index in [1.807, 2.05) is 12.1 Å². The predicted octanol–water partition coefficient (Wildman–Crippen LogP) is 4.55. The van der Waals surface area contributed by atoms with E-state index in [2.05, 4.69) is 19.1 Å². The maximum absolute atomic E-state index is 12.1. The second kappa shape index (κ2) is 10.0. The Labute approximate surface area is 128 Å². The standard InChI is InChI=1S/C18H26O3/c1-4-6-7-8-9-10-12-15-13-11-14-16(20-3)17(15)18(19)21-5-2/h9-11,13-14H,4-8,12H2,1-3H3. The summed E-state index contributed by atoms with van der Waals surface area (Å²) in [5.41, 5.74) is 1.49. The summed E-state index contributed by atoms with van der Waals surface area (Å²) in [7, 11) is 1.57. The largest absolute Gasteiger partial charge is 0.496 e. The number of benzene rings is 1. The van der Waals surface area contributed by atoms with E-state index in [9.17, 15) is 4.79 Å². The zero-order chi connectivity index (χ0) is 15.5. The van der Waals surface area contributed by atoms with Crippen LogP contribution in [-0.4, -0.2) is 19.7 Å². The van der Waals surface area contributed by atoms with Crippen molar-refractivity contribution in [2.24, 2.45) is 0 Å². The van der Waals surface area contributed by atoms with Crippen LogP contribution in [0.1, 0.15) is 55.5 Å². The Bertz CT molecular complexity index is 464. The van der Waals surface area contributed by atoms with Gasteiger partial charge in [-0.3, -0.25) is 0 Å². The van der Waals surface area contributed by atoms with E-state index < -0.39 is 0 Å². The Morgan fingerprint density at radius 1 is 1.19 bits per heavy atom. The fourth-order valence-corrected chi connectivity index (χ4v) is 2.19. The summed E-state index contributed by atoms with van der Waals surface area (Å²) in [5.74, 6) is 0.259. The minimum atomic E-state index is -0.315. The van der Waals surface area contributed by atoms with Crippen LogP contribution in [0.5, 0.6) is 5.75 Å². The zero-order valence-corrected chi connectivity index (χ0v) is 13.4. The van der Waals surface area contributed by atoms with E-state index in [-0.39, 0.29) is 5.97 Å². The van der Waals surface area contributed by atoms with Crippen molar-refractivity contribution < 1.29 is 14.3 Å². The van der Waals surface area contributed by atoms with Gasteiger partial charge in [0, 0.05) is 0 Å². The van der Waals surface area contributed by atoms with Crippen LogP contribution < -0.4 is 4.74 Å². The SMILES string of the molecule is CCCCCC=CCc1cccc(OC)c1C(=O)OCC. The lowest BCUT2D eigenvalue weighted by atomic mass is 10.0. The Morgan fingerprint density at radius 2 is 2.00 bits per heavy atom. The molecule has 116 valence electrons. The zero-order valence-electron chi connectivity index (χ0n) is 13.4. The highest BCUT2D eigenvalue weighted by atomic mass is 16.5. The van der Waals surface area contributed by atoms with Crippen LogP contribution in [0, 0.1) is 0 Å². The number of allylic oxidation sites excluding steroid dienone is 2. The molecule has 1 aromatic carbocycles. The normalized spacial score (nSPS) is 10.8. The lowest BCUT2D eigenvalue weighted by molar-refractivity contribution is 0.0521. The van der Waals surface area contributed by atoms with Gasteiger partial charge in [0.1, 0.15) is 11.3 Å². The lowest BCUT2D eigenvalue weighted by Gasteiger charge is -2.11. The number of hydrogen-bond donors (Lipinski definition) is 0. The van der Waals surface area contributed by atoms with Crippen LogP contribution in [0.3, 0.4) is 0 Å². The molecule has 0 aliphatic heterocycles. The van der Waals surface area contributed by atoms with Gasteiger partial charge in [0.25, 0.3) is 0 Å². The summed E-state index contributed by atoms with van der Waals surface area (Å²) in [5, 5.41) is 0. The Balaban J connectivity index is 2.78. The first-order valence-corrected chi connectivity index (χ1v) is 7.72. The molecule has 0 heterocycles. The molecular weight excluding hydrogens is 264 g/mol. The van der Waals surface area contributed by atoms with Gasteiger partial charge in [-0.2, -0.15) is 0 Å². The average molecular weight is 290 g/mol. The fraction of sp³-hybridized carbons (Fsp3) is 0.500. The van der Waals surface area contributed by atoms with Crippen LogP contribution >= 0.6 is 0 Å². The molecule has 3 heteroatoms. The molecule has 0 unspecified atom stereocenters. The highest BCUT2D eigenvalue weighted by Crippen LogP contribution is 2.24. The number of rotatable bonds is 9. The van der Waals surface area contributed by atoms with Crippen LogP contribution in [0.15, 0.2) is 30.4 Å². The highest BCUT2D eigenvalue weighted by Gasteiger charge is 2.17. The summed E-state index contributed by atoms with van der Waals surface area (Å²) < 4.78 is 10.4. The molecule has 0 radical (unpaired) electrons. The molecule has 0 aliphatic carbocycles. The van der Waals surface area contributed by atoms with Gasteiger partial charge in [-0.1, -0.05) is 44.1 Å². The molecular formula is C18H26O3. The number of methoxy groups -OCH3 is 1. The maximum Gasteiger partial charge on any atom is 0.342 e. The van der Waals surface area contributed by atoms with Crippen molar-refractivity contribution in [3.05, 3.63) is 41.5 Å². The van der Waals surface area contributed by atoms with Crippen molar-refractivity contribution in [2.45, 2.75) is 46.0 Å². The van der Waals surface area contributed by atoms with Crippen molar-refractivity contribution in [2.75, 3.05) is 13.7 Å². The molecule has 0 bridgehead atoms. The number of hydrogen-bond acceptors (Lipinski definition) is 3. The molecule has 0 aromatic heterocycles. The minimum Gasteiger partial charge on any atom is -0.496 e. The van der Waals surface area contributed by atoms with Gasteiger partial charge in [0.2, 0.25) is 0 Å². The van der Waals surface area contributed by atoms with Crippen molar-refractivity contribution in [3.8, 4) is 5.75 Å². The first kappa shape index (κ1) is 17.3. The fourth-order valence-electron chi connectivity index (χ4n) is 2.19. The lowest BCUT2D eigenvalue weighted by Crippen LogP contribution is -2.10. The summed E-state index contributed by atoms with van der Waals surface area (Å²) in [6.45, 7) is 4.37. The monoisotopic (exact) mass is 290 g/mol. The third kappa shape index (κ3) is 5.62. The second-order valence-corrected chi connectivity index (χ2v) is 4.89. The number of esters is 1.